The molecule has 4 rings (SSSR count). The molecule has 2 N–H and O–H groups in total. The second-order valence-electron chi connectivity index (χ2n) is 9.13. The van der Waals surface area contributed by atoms with Crippen LogP contribution in [0.1, 0.15) is 44.5 Å². The number of nitrogens with one attached hydrogen (secondary N) is 1. The summed E-state index contributed by atoms with van der Waals surface area (Å²) < 4.78 is 57.7. The van der Waals surface area contributed by atoms with Crippen molar-refractivity contribution in [2.45, 2.75) is 38.0 Å². The number of hydrogen-bond donors (Lipinski definition) is 2. The maximum Gasteiger partial charge on any atom is 0.416 e. The van der Waals surface area contributed by atoms with Gasteiger partial charge in [-0.05, 0) is 43.7 Å². The molecule has 1 saturated heterocycles. The highest BCUT2D eigenvalue weighted by Gasteiger charge is 2.49. The Kier molecular flexibility index (Phi) is 8.55. The molecule has 0 radical (unpaired) electrons. The Bertz CT molecular complexity index is 1490. The summed E-state index contributed by atoms with van der Waals surface area (Å²) in [7, 11) is 0. The van der Waals surface area contributed by atoms with Gasteiger partial charge >= 0.3 is 23.8 Å². The third-order valence-corrected chi connectivity index (χ3v) is 6.41. The highest BCUT2D eigenvalue weighted by atomic mass is 19.4. The van der Waals surface area contributed by atoms with Crippen molar-refractivity contribution >= 4 is 11.9 Å². The molecule has 0 amide bonds. The summed E-state index contributed by atoms with van der Waals surface area (Å²) in [5.41, 5.74) is -2.67. The lowest BCUT2D eigenvalue weighted by Gasteiger charge is -2.25. The fraction of sp³-hybridized carbons (Fsp3) is 0.333. The molecule has 0 unspecified atom stereocenters. The molecular formula is C27H25F3N2O8. The standard InChI is InChI=1S/C27H25F3N2O8/c1-15-13-32(26(37)31-22(15)34)23-21(40-25(36)17-8-5-9-18(12-17)27(28,29)30)19(20(39-23)10-11-33)14-38-24(35)16-6-3-2-4-7-16/h2-9,12-13,19-21,23,33H,10-11,14H2,1H3,(H,31,34,37)/t19-,20-,21-,23-/m1/s1. The Hall–Kier alpha value is -4.23. The lowest BCUT2D eigenvalue weighted by atomic mass is 9.96. The second kappa shape index (κ2) is 11.9. The Balaban J connectivity index is 1.70. The van der Waals surface area contributed by atoms with Gasteiger partial charge in [0.05, 0.1) is 28.7 Å². The van der Waals surface area contributed by atoms with Gasteiger partial charge in [-0.2, -0.15) is 13.2 Å². The number of nitrogens with zero attached hydrogens (tertiary/aromatic N) is 1. The quantitative estimate of drug-likeness (QED) is 0.400. The van der Waals surface area contributed by atoms with Crippen molar-refractivity contribution in [1.29, 1.82) is 0 Å². The van der Waals surface area contributed by atoms with Crippen LogP contribution < -0.4 is 11.2 Å². The van der Waals surface area contributed by atoms with Crippen LogP contribution in [0.4, 0.5) is 13.2 Å². The largest absolute Gasteiger partial charge is 0.462 e. The van der Waals surface area contributed by atoms with Gasteiger partial charge in [0.25, 0.3) is 5.56 Å². The monoisotopic (exact) mass is 562 g/mol. The normalized spacial score (nSPS) is 20.7. The van der Waals surface area contributed by atoms with Crippen molar-refractivity contribution in [2.24, 2.45) is 5.92 Å². The highest BCUT2D eigenvalue weighted by molar-refractivity contribution is 5.90. The van der Waals surface area contributed by atoms with E-state index in [9.17, 15) is 37.5 Å². The molecule has 3 aromatic rings. The lowest BCUT2D eigenvalue weighted by molar-refractivity contribution is -0.137. The summed E-state index contributed by atoms with van der Waals surface area (Å²) >= 11 is 0. The SMILES string of the molecule is Cc1cn([C@@H]2O[C@H](CCO)[C@@H](COC(=O)c3ccccc3)[C@H]2OC(=O)c2cccc(C(F)(F)F)c2)c(=O)[nH]c1=O. The fourth-order valence-corrected chi connectivity index (χ4v) is 4.38. The van der Waals surface area contributed by atoms with Crippen LogP contribution in [-0.2, 0) is 20.4 Å². The van der Waals surface area contributed by atoms with Crippen LogP contribution in [0.2, 0.25) is 0 Å². The van der Waals surface area contributed by atoms with Crippen LogP contribution in [0.3, 0.4) is 0 Å². The van der Waals surface area contributed by atoms with Crippen LogP contribution in [0.15, 0.2) is 70.4 Å². The minimum absolute atomic E-state index is 0.0151. The van der Waals surface area contributed by atoms with Crippen molar-refractivity contribution in [3.63, 3.8) is 0 Å². The summed E-state index contributed by atoms with van der Waals surface area (Å²) in [5, 5.41) is 9.63. The third-order valence-electron chi connectivity index (χ3n) is 6.41. The van der Waals surface area contributed by atoms with Crippen LogP contribution in [-0.4, -0.2) is 52.0 Å². The minimum Gasteiger partial charge on any atom is -0.462 e. The van der Waals surface area contributed by atoms with Crippen molar-refractivity contribution < 1.29 is 42.1 Å². The number of rotatable bonds is 8. The van der Waals surface area contributed by atoms with E-state index in [1.165, 1.54) is 25.3 Å². The lowest BCUT2D eigenvalue weighted by Crippen LogP contribution is -2.40. The number of carbonyl (C=O) groups excluding carboxylic acids is 2. The third kappa shape index (κ3) is 6.32. The van der Waals surface area contributed by atoms with Gasteiger partial charge in [-0.15, -0.1) is 0 Å². The smallest absolute Gasteiger partial charge is 0.416 e. The number of aromatic amines is 1. The predicted octanol–water partition coefficient (Wildman–Crippen LogP) is 2.84. The van der Waals surface area contributed by atoms with Crippen LogP contribution >= 0.6 is 0 Å². The van der Waals surface area contributed by atoms with Crippen LogP contribution in [0.5, 0.6) is 0 Å². The van der Waals surface area contributed by atoms with E-state index in [0.29, 0.717) is 6.07 Å². The molecule has 4 atom stereocenters. The summed E-state index contributed by atoms with van der Waals surface area (Å²) in [6.07, 6.45) is -7.18. The molecule has 0 spiro atoms. The van der Waals surface area contributed by atoms with Gasteiger partial charge in [0, 0.05) is 18.4 Å². The topological polar surface area (TPSA) is 137 Å². The van der Waals surface area contributed by atoms with E-state index in [1.807, 2.05) is 0 Å². The van der Waals surface area contributed by atoms with Crippen LogP contribution in [0.25, 0.3) is 0 Å². The van der Waals surface area contributed by atoms with E-state index in [0.717, 1.165) is 22.8 Å². The number of aromatic nitrogens is 2. The number of alkyl halides is 3. The number of halogens is 3. The highest BCUT2D eigenvalue weighted by Crippen LogP contribution is 2.38. The first kappa shape index (κ1) is 28.8. The zero-order chi connectivity index (χ0) is 29.0. The van der Waals surface area contributed by atoms with E-state index in [4.69, 9.17) is 14.2 Å². The molecule has 212 valence electrons. The van der Waals surface area contributed by atoms with Crippen molar-refractivity contribution in [3.05, 3.63) is 104 Å². The minimum atomic E-state index is -4.71. The number of aliphatic hydroxyl groups excluding tert-OH is 1. The number of aliphatic hydroxyl groups is 1. The van der Waals surface area contributed by atoms with Gasteiger partial charge in [-0.25, -0.2) is 14.4 Å². The average molecular weight is 562 g/mol. The first-order chi connectivity index (χ1) is 19.0. The average Bonchev–Trinajstić information content (AvgIpc) is 3.25. The molecule has 1 fully saturated rings. The van der Waals surface area contributed by atoms with E-state index >= 15 is 0 Å². The zero-order valence-electron chi connectivity index (χ0n) is 21.1. The number of aryl methyl sites for hydroxylation is 1. The fourth-order valence-electron chi connectivity index (χ4n) is 4.38. The van der Waals surface area contributed by atoms with Crippen LogP contribution in [0, 0.1) is 12.8 Å². The van der Waals surface area contributed by atoms with Gasteiger partial charge < -0.3 is 19.3 Å². The Labute approximate surface area is 224 Å². The molecule has 0 saturated carbocycles. The molecule has 0 aliphatic carbocycles. The Morgan fingerprint density at radius 2 is 1.75 bits per heavy atom. The molecule has 10 nitrogen and oxygen atoms in total. The number of H-pyrrole nitrogens is 1. The van der Waals surface area contributed by atoms with Gasteiger partial charge in [-0.1, -0.05) is 24.3 Å². The molecule has 1 aliphatic heterocycles. The maximum absolute atomic E-state index is 13.2. The number of hydrogen-bond acceptors (Lipinski definition) is 8. The molecular weight excluding hydrogens is 537 g/mol. The van der Waals surface area contributed by atoms with Crippen molar-refractivity contribution in [1.82, 2.24) is 9.55 Å². The van der Waals surface area contributed by atoms with E-state index < -0.39 is 64.8 Å². The molecule has 0 bridgehead atoms. The molecule has 1 aromatic heterocycles. The summed E-state index contributed by atoms with van der Waals surface area (Å²) in [6, 6.07) is 11.6. The zero-order valence-corrected chi connectivity index (χ0v) is 21.1. The van der Waals surface area contributed by atoms with Crippen molar-refractivity contribution in [3.8, 4) is 0 Å². The van der Waals surface area contributed by atoms with E-state index in [1.54, 1.807) is 18.2 Å². The van der Waals surface area contributed by atoms with E-state index in [-0.39, 0.29) is 30.8 Å². The summed E-state index contributed by atoms with van der Waals surface area (Å²) in [4.78, 5) is 52.4. The summed E-state index contributed by atoms with van der Waals surface area (Å²) in [5.74, 6) is -2.80. The number of ether oxygens (including phenoxy) is 3. The first-order valence-corrected chi connectivity index (χ1v) is 12.2. The summed E-state index contributed by atoms with van der Waals surface area (Å²) in [6.45, 7) is 0.665. The molecule has 2 aromatic carbocycles. The van der Waals surface area contributed by atoms with E-state index in [2.05, 4.69) is 4.98 Å². The number of esters is 2. The molecule has 40 heavy (non-hydrogen) atoms. The molecule has 1 aliphatic rings. The van der Waals surface area contributed by atoms with Gasteiger partial charge in [0.2, 0.25) is 0 Å². The predicted molar refractivity (Wildman–Crippen MR) is 133 cm³/mol. The number of carbonyl (C=O) groups is 2. The number of benzene rings is 2. The molecule has 2 heterocycles. The Morgan fingerprint density at radius 3 is 2.42 bits per heavy atom. The molecule has 13 heteroatoms. The second-order valence-corrected chi connectivity index (χ2v) is 9.13. The van der Waals surface area contributed by atoms with Gasteiger partial charge in [-0.3, -0.25) is 14.3 Å². The first-order valence-electron chi connectivity index (χ1n) is 12.2. The maximum atomic E-state index is 13.2. The Morgan fingerprint density at radius 1 is 1.05 bits per heavy atom. The van der Waals surface area contributed by atoms with Gasteiger partial charge in [0.1, 0.15) is 6.61 Å². The van der Waals surface area contributed by atoms with Gasteiger partial charge in [0.15, 0.2) is 12.3 Å². The van der Waals surface area contributed by atoms with Crippen molar-refractivity contribution in [2.75, 3.05) is 13.2 Å².